The minimum Gasteiger partial charge on any atom is -0.454 e. The number of hydrogen-bond acceptors (Lipinski definition) is 4. The number of carbonyl (C=O) groups is 1. The van der Waals surface area contributed by atoms with Gasteiger partial charge < -0.3 is 19.1 Å². The van der Waals surface area contributed by atoms with Crippen LogP contribution in [0.4, 0.5) is 0 Å². The first-order chi connectivity index (χ1) is 12.3. The van der Waals surface area contributed by atoms with E-state index in [1.165, 1.54) is 0 Å². The van der Waals surface area contributed by atoms with Crippen LogP contribution in [0.2, 0.25) is 0 Å². The van der Waals surface area contributed by atoms with Gasteiger partial charge in [0, 0.05) is 18.7 Å². The normalized spacial score (nSPS) is 19.0. The number of ether oxygens (including phenoxy) is 3. The van der Waals surface area contributed by atoms with E-state index in [1.807, 2.05) is 23.1 Å². The Morgan fingerprint density at radius 3 is 2.84 bits per heavy atom. The number of likely N-dealkylation sites (tertiary alicyclic amines) is 1. The zero-order valence-electron chi connectivity index (χ0n) is 14.0. The van der Waals surface area contributed by atoms with E-state index in [2.05, 4.69) is 12.1 Å². The van der Waals surface area contributed by atoms with Crippen LogP contribution in [-0.4, -0.2) is 36.8 Å². The maximum absolute atomic E-state index is 12.8. The van der Waals surface area contributed by atoms with Crippen molar-refractivity contribution in [1.82, 2.24) is 4.90 Å². The predicted molar refractivity (Wildman–Crippen MR) is 92.7 cm³/mol. The minimum absolute atomic E-state index is 0.0197. The van der Waals surface area contributed by atoms with Crippen molar-refractivity contribution in [1.29, 1.82) is 0 Å². The third kappa shape index (κ3) is 3.61. The zero-order valence-corrected chi connectivity index (χ0v) is 14.0. The molecule has 0 aromatic heterocycles. The lowest BCUT2D eigenvalue weighted by molar-refractivity contribution is -0.00673. The summed E-state index contributed by atoms with van der Waals surface area (Å²) in [5.74, 6) is 1.35. The molecule has 2 aromatic carbocycles. The highest BCUT2D eigenvalue weighted by Crippen LogP contribution is 2.33. The Bertz CT molecular complexity index is 747. The van der Waals surface area contributed by atoms with Crippen LogP contribution in [-0.2, 0) is 11.3 Å². The molecule has 1 atom stereocenters. The standard InChI is InChI=1S/C20H21NO4/c22-20(16-8-9-18-19(11-16)25-14-24-18)21-10-4-7-17(12-21)23-13-15-5-2-1-3-6-15/h1-3,5-6,8-9,11,17H,4,7,10,12-14H2. The molecule has 5 nitrogen and oxygen atoms in total. The number of amides is 1. The summed E-state index contributed by atoms with van der Waals surface area (Å²) in [4.78, 5) is 14.7. The second-order valence-electron chi connectivity index (χ2n) is 6.38. The van der Waals surface area contributed by atoms with Crippen LogP contribution in [0.3, 0.4) is 0 Å². The molecule has 1 unspecified atom stereocenters. The number of nitrogens with zero attached hydrogens (tertiary/aromatic N) is 1. The molecule has 0 saturated carbocycles. The quantitative estimate of drug-likeness (QED) is 0.858. The molecule has 25 heavy (non-hydrogen) atoms. The second kappa shape index (κ2) is 7.15. The largest absolute Gasteiger partial charge is 0.454 e. The number of rotatable bonds is 4. The van der Waals surface area contributed by atoms with Gasteiger partial charge in [-0.25, -0.2) is 0 Å². The van der Waals surface area contributed by atoms with Crippen molar-refractivity contribution in [3.8, 4) is 11.5 Å². The Labute approximate surface area is 147 Å². The van der Waals surface area contributed by atoms with Crippen LogP contribution in [0.5, 0.6) is 11.5 Å². The van der Waals surface area contributed by atoms with E-state index in [4.69, 9.17) is 14.2 Å². The van der Waals surface area contributed by atoms with Gasteiger partial charge >= 0.3 is 0 Å². The summed E-state index contributed by atoms with van der Waals surface area (Å²) < 4.78 is 16.7. The van der Waals surface area contributed by atoms with Gasteiger partial charge in [-0.15, -0.1) is 0 Å². The fourth-order valence-electron chi connectivity index (χ4n) is 3.26. The number of fused-ring (bicyclic) bond motifs is 1. The van der Waals surface area contributed by atoms with Gasteiger partial charge in [0.1, 0.15) is 0 Å². The van der Waals surface area contributed by atoms with Crippen LogP contribution in [0, 0.1) is 0 Å². The van der Waals surface area contributed by atoms with Crippen molar-refractivity contribution >= 4 is 5.91 Å². The molecule has 4 rings (SSSR count). The first-order valence-corrected chi connectivity index (χ1v) is 8.64. The van der Waals surface area contributed by atoms with E-state index < -0.39 is 0 Å². The van der Waals surface area contributed by atoms with E-state index in [-0.39, 0.29) is 18.8 Å². The molecule has 0 bridgehead atoms. The third-order valence-electron chi connectivity index (χ3n) is 4.61. The Balaban J connectivity index is 1.38. The Hall–Kier alpha value is -2.53. The maximum atomic E-state index is 12.8. The maximum Gasteiger partial charge on any atom is 0.254 e. The van der Waals surface area contributed by atoms with E-state index in [0.29, 0.717) is 30.2 Å². The van der Waals surface area contributed by atoms with Gasteiger partial charge in [0.25, 0.3) is 5.91 Å². The number of benzene rings is 2. The van der Waals surface area contributed by atoms with Gasteiger partial charge in [-0.05, 0) is 36.6 Å². The minimum atomic E-state index is 0.0197. The van der Waals surface area contributed by atoms with Crippen LogP contribution in [0.1, 0.15) is 28.8 Å². The molecule has 2 heterocycles. The Morgan fingerprint density at radius 1 is 1.12 bits per heavy atom. The molecule has 0 radical (unpaired) electrons. The van der Waals surface area contributed by atoms with Crippen LogP contribution in [0.25, 0.3) is 0 Å². The summed E-state index contributed by atoms with van der Waals surface area (Å²) in [5, 5.41) is 0. The van der Waals surface area contributed by atoms with Crippen LogP contribution < -0.4 is 9.47 Å². The fraction of sp³-hybridized carbons (Fsp3) is 0.350. The van der Waals surface area contributed by atoms with Gasteiger partial charge in [0.15, 0.2) is 11.5 Å². The summed E-state index contributed by atoms with van der Waals surface area (Å²) in [7, 11) is 0. The highest BCUT2D eigenvalue weighted by atomic mass is 16.7. The number of hydrogen-bond donors (Lipinski definition) is 0. The Kier molecular flexibility index (Phi) is 4.57. The average molecular weight is 339 g/mol. The van der Waals surface area contributed by atoms with Crippen molar-refractivity contribution in [2.24, 2.45) is 0 Å². The highest BCUT2D eigenvalue weighted by Gasteiger charge is 2.26. The average Bonchev–Trinajstić information content (AvgIpc) is 3.14. The summed E-state index contributed by atoms with van der Waals surface area (Å²) in [6.45, 7) is 2.18. The Morgan fingerprint density at radius 2 is 1.96 bits per heavy atom. The summed E-state index contributed by atoms with van der Waals surface area (Å²) in [6.07, 6.45) is 2.01. The molecule has 2 aliphatic heterocycles. The van der Waals surface area contributed by atoms with E-state index in [1.54, 1.807) is 18.2 Å². The molecule has 1 saturated heterocycles. The monoisotopic (exact) mass is 339 g/mol. The smallest absolute Gasteiger partial charge is 0.254 e. The second-order valence-corrected chi connectivity index (χ2v) is 6.38. The molecule has 2 aromatic rings. The van der Waals surface area contributed by atoms with Gasteiger partial charge in [-0.2, -0.15) is 0 Å². The molecular formula is C20H21NO4. The van der Waals surface area contributed by atoms with Crippen molar-refractivity contribution < 1.29 is 19.0 Å². The molecule has 2 aliphatic rings. The molecule has 0 aliphatic carbocycles. The third-order valence-corrected chi connectivity index (χ3v) is 4.61. The molecule has 1 amide bonds. The number of carbonyl (C=O) groups excluding carboxylic acids is 1. The molecule has 1 fully saturated rings. The van der Waals surface area contributed by atoms with Crippen molar-refractivity contribution in [2.75, 3.05) is 19.9 Å². The van der Waals surface area contributed by atoms with Gasteiger partial charge in [-0.1, -0.05) is 30.3 Å². The lowest BCUT2D eigenvalue weighted by Gasteiger charge is -2.32. The van der Waals surface area contributed by atoms with Crippen molar-refractivity contribution in [2.45, 2.75) is 25.6 Å². The van der Waals surface area contributed by atoms with Crippen LogP contribution >= 0.6 is 0 Å². The molecular weight excluding hydrogens is 318 g/mol. The van der Waals surface area contributed by atoms with Crippen LogP contribution in [0.15, 0.2) is 48.5 Å². The molecule has 0 spiro atoms. The van der Waals surface area contributed by atoms with E-state index in [9.17, 15) is 4.79 Å². The summed E-state index contributed by atoms with van der Waals surface area (Å²) in [6, 6.07) is 15.5. The molecule has 0 N–H and O–H groups in total. The van der Waals surface area contributed by atoms with Crippen molar-refractivity contribution in [3.63, 3.8) is 0 Å². The van der Waals surface area contributed by atoms with E-state index >= 15 is 0 Å². The lowest BCUT2D eigenvalue weighted by Crippen LogP contribution is -2.43. The van der Waals surface area contributed by atoms with E-state index in [0.717, 1.165) is 24.9 Å². The summed E-state index contributed by atoms with van der Waals surface area (Å²) in [5.41, 5.74) is 1.79. The first-order valence-electron chi connectivity index (χ1n) is 8.64. The van der Waals surface area contributed by atoms with Crippen molar-refractivity contribution in [3.05, 3.63) is 59.7 Å². The fourth-order valence-corrected chi connectivity index (χ4v) is 3.26. The van der Waals surface area contributed by atoms with Gasteiger partial charge in [-0.3, -0.25) is 4.79 Å². The highest BCUT2D eigenvalue weighted by molar-refractivity contribution is 5.95. The van der Waals surface area contributed by atoms with Gasteiger partial charge in [0.05, 0.1) is 12.7 Å². The summed E-state index contributed by atoms with van der Waals surface area (Å²) >= 11 is 0. The molecule has 130 valence electrons. The molecule has 5 heteroatoms. The number of piperidine rings is 1. The van der Waals surface area contributed by atoms with Gasteiger partial charge in [0.2, 0.25) is 6.79 Å². The topological polar surface area (TPSA) is 48.0 Å². The zero-order chi connectivity index (χ0) is 17.1. The lowest BCUT2D eigenvalue weighted by atomic mass is 10.1. The predicted octanol–water partition coefficient (Wildman–Crippen LogP) is 3.24. The SMILES string of the molecule is O=C(c1ccc2c(c1)OCO2)N1CCCC(OCc2ccccc2)C1. The first kappa shape index (κ1) is 16.0.